The minimum absolute atomic E-state index is 0.0763. The van der Waals surface area contributed by atoms with Crippen LogP contribution in [0.1, 0.15) is 18.9 Å². The van der Waals surface area contributed by atoms with Crippen molar-refractivity contribution in [1.82, 2.24) is 0 Å². The maximum absolute atomic E-state index is 9.34. The Morgan fingerprint density at radius 3 is 2.89 bits per heavy atom. The summed E-state index contributed by atoms with van der Waals surface area (Å²) in [5.41, 5.74) is 0.915. The van der Waals surface area contributed by atoms with Crippen molar-refractivity contribution >= 4 is 11.6 Å². The first-order chi connectivity index (χ1) is 9.24. The van der Waals surface area contributed by atoms with Gasteiger partial charge in [-0.1, -0.05) is 36.7 Å². The molecule has 2 rings (SSSR count). The zero-order valence-corrected chi connectivity index (χ0v) is 11.7. The standard InChI is InChI=1S/C14H19ClO4/c1-2-14-18-9-13(12(7-16)19-14)17-8-10-5-3-4-6-11(10)15/h3-6,12-14,16H,2,7-9H2,1H3/t12-,13-,14+/m0/s1. The van der Waals surface area contributed by atoms with E-state index in [0.29, 0.717) is 18.2 Å². The molecule has 1 heterocycles. The van der Waals surface area contributed by atoms with Crippen molar-refractivity contribution in [2.24, 2.45) is 0 Å². The quantitative estimate of drug-likeness (QED) is 0.903. The molecular formula is C14H19ClO4. The van der Waals surface area contributed by atoms with Gasteiger partial charge in [-0.3, -0.25) is 0 Å². The van der Waals surface area contributed by atoms with Crippen molar-refractivity contribution in [3.63, 3.8) is 0 Å². The number of ether oxygens (including phenoxy) is 3. The summed E-state index contributed by atoms with van der Waals surface area (Å²) in [6, 6.07) is 7.52. The average Bonchev–Trinajstić information content (AvgIpc) is 2.46. The Morgan fingerprint density at radius 2 is 2.21 bits per heavy atom. The minimum atomic E-state index is -0.346. The van der Waals surface area contributed by atoms with Crippen molar-refractivity contribution in [3.8, 4) is 0 Å². The van der Waals surface area contributed by atoms with E-state index in [1.165, 1.54) is 0 Å². The Kier molecular flexibility index (Phi) is 5.60. The van der Waals surface area contributed by atoms with Gasteiger partial charge in [-0.15, -0.1) is 0 Å². The topological polar surface area (TPSA) is 47.9 Å². The first kappa shape index (κ1) is 14.8. The van der Waals surface area contributed by atoms with Gasteiger partial charge in [0.05, 0.1) is 19.8 Å². The van der Waals surface area contributed by atoms with Crippen LogP contribution in [-0.4, -0.2) is 36.8 Å². The first-order valence-electron chi connectivity index (χ1n) is 6.47. The fourth-order valence-electron chi connectivity index (χ4n) is 1.97. The molecule has 0 aliphatic carbocycles. The largest absolute Gasteiger partial charge is 0.394 e. The van der Waals surface area contributed by atoms with Crippen LogP contribution in [0.2, 0.25) is 5.02 Å². The Morgan fingerprint density at radius 1 is 1.42 bits per heavy atom. The Bertz CT molecular complexity index is 399. The normalized spacial score (nSPS) is 27.4. The summed E-state index contributed by atoms with van der Waals surface area (Å²) in [6.45, 7) is 2.70. The zero-order valence-electron chi connectivity index (χ0n) is 10.9. The molecule has 1 aromatic carbocycles. The lowest BCUT2D eigenvalue weighted by atomic mass is 10.2. The van der Waals surface area contributed by atoms with Gasteiger partial charge in [-0.2, -0.15) is 0 Å². The van der Waals surface area contributed by atoms with Crippen molar-refractivity contribution < 1.29 is 19.3 Å². The monoisotopic (exact) mass is 286 g/mol. The predicted molar refractivity (Wildman–Crippen MR) is 72.0 cm³/mol. The van der Waals surface area contributed by atoms with Crippen LogP contribution >= 0.6 is 11.6 Å². The maximum Gasteiger partial charge on any atom is 0.158 e. The average molecular weight is 287 g/mol. The van der Waals surface area contributed by atoms with Gasteiger partial charge in [0.1, 0.15) is 12.2 Å². The molecule has 1 N–H and O–H groups in total. The van der Waals surface area contributed by atoms with E-state index in [0.717, 1.165) is 12.0 Å². The van der Waals surface area contributed by atoms with E-state index < -0.39 is 0 Å². The van der Waals surface area contributed by atoms with E-state index in [1.807, 2.05) is 31.2 Å². The number of halogens is 1. The molecular weight excluding hydrogens is 268 g/mol. The first-order valence-corrected chi connectivity index (χ1v) is 6.85. The van der Waals surface area contributed by atoms with E-state index in [9.17, 15) is 5.11 Å². The van der Waals surface area contributed by atoms with Gasteiger partial charge in [0, 0.05) is 5.02 Å². The molecule has 4 nitrogen and oxygen atoms in total. The summed E-state index contributed by atoms with van der Waals surface area (Å²) in [6.07, 6.45) is -0.115. The SMILES string of the molecule is CC[C@@H]1OC[C@H](OCc2ccccc2Cl)[C@H](CO)O1. The highest BCUT2D eigenvalue weighted by molar-refractivity contribution is 6.31. The molecule has 0 unspecified atom stereocenters. The number of benzene rings is 1. The van der Waals surface area contributed by atoms with Gasteiger partial charge in [-0.05, 0) is 18.1 Å². The molecule has 0 amide bonds. The number of aliphatic hydroxyl groups is 1. The molecule has 3 atom stereocenters. The van der Waals surface area contributed by atoms with Gasteiger partial charge >= 0.3 is 0 Å². The molecule has 0 spiro atoms. The van der Waals surface area contributed by atoms with E-state index in [1.54, 1.807) is 0 Å². The highest BCUT2D eigenvalue weighted by atomic mass is 35.5. The van der Waals surface area contributed by atoms with Crippen molar-refractivity contribution in [1.29, 1.82) is 0 Å². The van der Waals surface area contributed by atoms with E-state index in [2.05, 4.69) is 0 Å². The molecule has 0 saturated carbocycles. The molecule has 1 aliphatic heterocycles. The van der Waals surface area contributed by atoms with Crippen molar-refractivity contribution in [2.45, 2.75) is 38.4 Å². The van der Waals surface area contributed by atoms with Crippen LogP contribution in [-0.2, 0) is 20.8 Å². The summed E-state index contributed by atoms with van der Waals surface area (Å²) in [7, 11) is 0. The lowest BCUT2D eigenvalue weighted by Gasteiger charge is -2.35. The van der Waals surface area contributed by atoms with Crippen molar-refractivity contribution in [3.05, 3.63) is 34.9 Å². The molecule has 1 aromatic rings. The summed E-state index contributed by atoms with van der Waals surface area (Å²) in [4.78, 5) is 0. The van der Waals surface area contributed by atoms with E-state index in [4.69, 9.17) is 25.8 Å². The molecule has 0 aromatic heterocycles. The molecule has 5 heteroatoms. The Labute approximate surface area is 118 Å². The van der Waals surface area contributed by atoms with E-state index >= 15 is 0 Å². The van der Waals surface area contributed by atoms with Gasteiger partial charge in [-0.25, -0.2) is 0 Å². The Hall–Kier alpha value is -0.650. The number of hydrogen-bond donors (Lipinski definition) is 1. The van der Waals surface area contributed by atoms with Crippen LogP contribution in [0.25, 0.3) is 0 Å². The molecule has 0 bridgehead atoms. The van der Waals surface area contributed by atoms with Crippen LogP contribution < -0.4 is 0 Å². The van der Waals surface area contributed by atoms with Gasteiger partial charge in [0.2, 0.25) is 0 Å². The second-order valence-electron chi connectivity index (χ2n) is 4.47. The van der Waals surface area contributed by atoms with Crippen LogP contribution in [0.4, 0.5) is 0 Å². The minimum Gasteiger partial charge on any atom is -0.394 e. The molecule has 19 heavy (non-hydrogen) atoms. The highest BCUT2D eigenvalue weighted by Gasteiger charge is 2.31. The number of rotatable bonds is 5. The third-order valence-electron chi connectivity index (χ3n) is 3.11. The lowest BCUT2D eigenvalue weighted by Crippen LogP contribution is -2.46. The summed E-state index contributed by atoms with van der Waals surface area (Å²) in [5.74, 6) is 0. The summed E-state index contributed by atoms with van der Waals surface area (Å²) in [5, 5.41) is 10.0. The zero-order chi connectivity index (χ0) is 13.7. The fraction of sp³-hybridized carbons (Fsp3) is 0.571. The third kappa shape index (κ3) is 3.91. The van der Waals surface area contributed by atoms with Crippen LogP contribution in [0.15, 0.2) is 24.3 Å². The molecule has 1 fully saturated rings. The Balaban J connectivity index is 1.90. The molecule has 1 saturated heterocycles. The van der Waals surface area contributed by atoms with E-state index in [-0.39, 0.29) is 25.1 Å². The van der Waals surface area contributed by atoms with Crippen LogP contribution in [0.5, 0.6) is 0 Å². The maximum atomic E-state index is 9.34. The molecule has 0 radical (unpaired) electrons. The van der Waals surface area contributed by atoms with Crippen LogP contribution in [0, 0.1) is 0 Å². The van der Waals surface area contributed by atoms with Gasteiger partial charge in [0.25, 0.3) is 0 Å². The summed E-state index contributed by atoms with van der Waals surface area (Å²) < 4.78 is 16.8. The number of aliphatic hydroxyl groups excluding tert-OH is 1. The predicted octanol–water partition coefficient (Wildman–Crippen LogP) is 2.37. The van der Waals surface area contributed by atoms with Crippen LogP contribution in [0.3, 0.4) is 0 Å². The second-order valence-corrected chi connectivity index (χ2v) is 4.88. The lowest BCUT2D eigenvalue weighted by molar-refractivity contribution is -0.269. The molecule has 106 valence electrons. The molecule has 1 aliphatic rings. The van der Waals surface area contributed by atoms with Gasteiger partial charge in [0.15, 0.2) is 6.29 Å². The van der Waals surface area contributed by atoms with Crippen molar-refractivity contribution in [2.75, 3.05) is 13.2 Å². The third-order valence-corrected chi connectivity index (χ3v) is 3.48. The number of hydrogen-bond acceptors (Lipinski definition) is 4. The van der Waals surface area contributed by atoms with Gasteiger partial charge < -0.3 is 19.3 Å². The summed E-state index contributed by atoms with van der Waals surface area (Å²) >= 11 is 6.07. The smallest absolute Gasteiger partial charge is 0.158 e. The second kappa shape index (κ2) is 7.22. The highest BCUT2D eigenvalue weighted by Crippen LogP contribution is 2.21. The fourth-order valence-corrected chi connectivity index (χ4v) is 2.16.